The number of hydrogen-bond acceptors (Lipinski definition) is 6. The third kappa shape index (κ3) is 5.92. The molecule has 0 bridgehead atoms. The monoisotopic (exact) mass is 562 g/mol. The molecule has 1 fully saturated rings. The van der Waals surface area contributed by atoms with Crippen LogP contribution in [0.4, 0.5) is 4.79 Å². The minimum absolute atomic E-state index is 0.0153. The van der Waals surface area contributed by atoms with Crippen molar-refractivity contribution in [2.75, 3.05) is 0 Å². The van der Waals surface area contributed by atoms with Crippen molar-refractivity contribution < 1.29 is 19.1 Å². The van der Waals surface area contributed by atoms with Gasteiger partial charge in [-0.05, 0) is 0 Å². The van der Waals surface area contributed by atoms with Gasteiger partial charge in [0.15, 0.2) is 0 Å². The summed E-state index contributed by atoms with van der Waals surface area (Å²) in [6, 6.07) is 11.2. The number of imide groups is 3. The van der Waals surface area contributed by atoms with E-state index in [1.807, 2.05) is 34.9 Å². The predicted molar refractivity (Wildman–Crippen MR) is 134 cm³/mol. The second-order valence-electron chi connectivity index (χ2n) is 9.37. The molecule has 0 unspecified atom stereocenters. The molecule has 0 N–H and O–H groups in total. The summed E-state index contributed by atoms with van der Waals surface area (Å²) in [4.78, 5) is 49.4. The summed E-state index contributed by atoms with van der Waals surface area (Å²) in [6.07, 6.45) is 4.33. The van der Waals surface area contributed by atoms with E-state index in [2.05, 4.69) is 9.97 Å². The van der Waals surface area contributed by atoms with E-state index in [4.69, 9.17) is 16.3 Å². The standard InChI is InChI=1S/C25H27ClN4O4Se/c1-25(2,3)34-24(33)30(20(31)15-35-18-11-5-4-6-12-18)22(32)19-13-16-14-27-23(26)28-21(16)29(19)17-9-7-8-10-17/h4-6,11-14,17H,7-10,15H2,1-3H3. The summed E-state index contributed by atoms with van der Waals surface area (Å²) in [5.74, 6) is -1.32. The second-order valence-corrected chi connectivity index (χ2v) is 11.9. The van der Waals surface area contributed by atoms with E-state index in [1.54, 1.807) is 33.0 Å². The first-order valence-corrected chi connectivity index (χ1v) is 13.9. The van der Waals surface area contributed by atoms with Crippen molar-refractivity contribution in [1.82, 2.24) is 19.4 Å². The number of rotatable bonds is 5. The Hall–Kier alpha value is -2.74. The van der Waals surface area contributed by atoms with Gasteiger partial charge in [-0.3, -0.25) is 0 Å². The Morgan fingerprint density at radius 2 is 1.86 bits per heavy atom. The van der Waals surface area contributed by atoms with Gasteiger partial charge in [-0.25, -0.2) is 0 Å². The molecular weight excluding hydrogens is 535 g/mol. The van der Waals surface area contributed by atoms with Gasteiger partial charge in [-0.2, -0.15) is 0 Å². The van der Waals surface area contributed by atoms with Gasteiger partial charge < -0.3 is 0 Å². The van der Waals surface area contributed by atoms with Gasteiger partial charge in [0.2, 0.25) is 0 Å². The molecule has 2 aromatic heterocycles. The third-order valence-electron chi connectivity index (χ3n) is 5.59. The first-order chi connectivity index (χ1) is 16.6. The van der Waals surface area contributed by atoms with Crippen LogP contribution in [0, 0.1) is 0 Å². The molecule has 1 saturated carbocycles. The number of fused-ring (bicyclic) bond motifs is 1. The average Bonchev–Trinajstić information content (AvgIpc) is 3.44. The molecule has 0 saturated heterocycles. The second kappa shape index (κ2) is 10.5. The van der Waals surface area contributed by atoms with E-state index in [9.17, 15) is 14.4 Å². The van der Waals surface area contributed by atoms with Gasteiger partial charge in [0.25, 0.3) is 0 Å². The fourth-order valence-corrected chi connectivity index (χ4v) is 5.87. The number of aromatic nitrogens is 3. The average molecular weight is 562 g/mol. The van der Waals surface area contributed by atoms with Gasteiger partial charge >= 0.3 is 216 Å². The molecule has 2 heterocycles. The van der Waals surface area contributed by atoms with Crippen molar-refractivity contribution in [3.63, 3.8) is 0 Å². The Balaban J connectivity index is 1.72. The maximum absolute atomic E-state index is 13.9. The SMILES string of the molecule is CC(C)(C)OC(=O)N(C(=O)C[Se]c1ccccc1)C(=O)c1cc2cnc(Cl)nc2n1C1CCCC1. The molecule has 1 aromatic carbocycles. The molecule has 8 nitrogen and oxygen atoms in total. The van der Waals surface area contributed by atoms with E-state index < -0.39 is 23.5 Å². The normalized spacial score (nSPS) is 14.3. The zero-order chi connectivity index (χ0) is 25.2. The van der Waals surface area contributed by atoms with Crippen LogP contribution in [0.1, 0.15) is 63.0 Å². The molecule has 3 amide bonds. The Bertz CT molecular complexity index is 1250. The molecule has 0 radical (unpaired) electrons. The summed E-state index contributed by atoms with van der Waals surface area (Å²) < 4.78 is 8.27. The van der Waals surface area contributed by atoms with Crippen LogP contribution < -0.4 is 4.46 Å². The number of ether oxygens (including phenoxy) is 1. The Morgan fingerprint density at radius 1 is 1.17 bits per heavy atom. The van der Waals surface area contributed by atoms with Crippen LogP contribution in [0.25, 0.3) is 11.0 Å². The van der Waals surface area contributed by atoms with Crippen molar-refractivity contribution in [3.05, 3.63) is 53.6 Å². The topological polar surface area (TPSA) is 94.4 Å². The van der Waals surface area contributed by atoms with E-state index in [-0.39, 0.29) is 37.3 Å². The molecule has 0 aliphatic heterocycles. The Kier molecular flexibility index (Phi) is 7.59. The van der Waals surface area contributed by atoms with Crippen LogP contribution in [-0.2, 0) is 9.53 Å². The van der Waals surface area contributed by atoms with Crippen LogP contribution in [0.15, 0.2) is 42.6 Å². The molecule has 0 spiro atoms. The Morgan fingerprint density at radius 3 is 2.51 bits per heavy atom. The maximum atomic E-state index is 13.9. The predicted octanol–water partition coefficient (Wildman–Crippen LogP) is 4.55. The van der Waals surface area contributed by atoms with E-state index in [0.717, 1.165) is 30.1 Å². The molecule has 4 rings (SSSR count). The summed E-state index contributed by atoms with van der Waals surface area (Å²) in [6.45, 7) is 5.08. The number of carbonyl (C=O) groups is 3. The van der Waals surface area contributed by atoms with Crippen LogP contribution >= 0.6 is 11.6 Å². The van der Waals surface area contributed by atoms with Gasteiger partial charge in [0.05, 0.1) is 0 Å². The van der Waals surface area contributed by atoms with Crippen LogP contribution in [-0.4, -0.2) is 57.9 Å². The van der Waals surface area contributed by atoms with Crippen molar-refractivity contribution in [2.45, 2.75) is 63.4 Å². The zero-order valence-corrected chi connectivity index (χ0v) is 22.3. The number of nitrogens with zero attached hydrogens (tertiary/aromatic N) is 4. The van der Waals surface area contributed by atoms with Gasteiger partial charge in [0.1, 0.15) is 0 Å². The van der Waals surface area contributed by atoms with Crippen molar-refractivity contribution >= 4 is 60.0 Å². The molecule has 3 aromatic rings. The minimum atomic E-state index is -0.983. The van der Waals surface area contributed by atoms with Gasteiger partial charge in [0, 0.05) is 0 Å². The van der Waals surface area contributed by atoms with E-state index in [1.165, 1.54) is 0 Å². The Labute approximate surface area is 215 Å². The van der Waals surface area contributed by atoms with Gasteiger partial charge in [-0.1, -0.05) is 0 Å². The summed E-state index contributed by atoms with van der Waals surface area (Å²) >= 11 is 5.81. The number of amides is 3. The molecule has 1 aliphatic rings. The van der Waals surface area contributed by atoms with Crippen molar-refractivity contribution in [2.24, 2.45) is 0 Å². The molecule has 35 heavy (non-hydrogen) atoms. The summed E-state index contributed by atoms with van der Waals surface area (Å²) in [5.41, 5.74) is -0.155. The van der Waals surface area contributed by atoms with E-state index in [0.29, 0.717) is 15.9 Å². The number of hydrogen-bond donors (Lipinski definition) is 0. The fourth-order valence-electron chi connectivity index (χ4n) is 4.13. The van der Waals surface area contributed by atoms with E-state index >= 15 is 0 Å². The third-order valence-corrected chi connectivity index (χ3v) is 7.86. The summed E-state index contributed by atoms with van der Waals surface area (Å²) in [5, 5.41) is 0.728. The van der Waals surface area contributed by atoms with Crippen LogP contribution in [0.5, 0.6) is 0 Å². The molecule has 184 valence electrons. The van der Waals surface area contributed by atoms with Gasteiger partial charge in [-0.15, -0.1) is 0 Å². The van der Waals surface area contributed by atoms with Crippen LogP contribution in [0.2, 0.25) is 10.6 Å². The number of carbonyl (C=O) groups excluding carboxylic acids is 3. The molecule has 0 atom stereocenters. The molecular formula is C25H27ClN4O4Se. The first kappa shape index (κ1) is 25.4. The molecule has 10 heteroatoms. The van der Waals surface area contributed by atoms with Crippen LogP contribution in [0.3, 0.4) is 0 Å². The van der Waals surface area contributed by atoms with Crippen molar-refractivity contribution in [3.8, 4) is 0 Å². The number of halogens is 1. The fraction of sp³-hybridized carbons (Fsp3) is 0.400. The first-order valence-electron chi connectivity index (χ1n) is 11.5. The van der Waals surface area contributed by atoms with Crippen molar-refractivity contribution in [1.29, 1.82) is 0 Å². The zero-order valence-electron chi connectivity index (χ0n) is 19.9. The molecule has 1 aliphatic carbocycles. The quantitative estimate of drug-likeness (QED) is 0.335. The summed E-state index contributed by atoms with van der Waals surface area (Å²) in [7, 11) is 0. The number of benzene rings is 1.